The van der Waals surface area contributed by atoms with Crippen molar-refractivity contribution in [2.24, 2.45) is 0 Å². The van der Waals surface area contributed by atoms with Crippen molar-refractivity contribution in [1.29, 1.82) is 0 Å². The van der Waals surface area contributed by atoms with E-state index < -0.39 is 0 Å². The van der Waals surface area contributed by atoms with Gasteiger partial charge in [0.2, 0.25) is 5.91 Å². The fraction of sp³-hybridized carbons (Fsp3) is 0.158. The third kappa shape index (κ3) is 3.66. The first kappa shape index (κ1) is 15.0. The zero-order valence-electron chi connectivity index (χ0n) is 13.3. The van der Waals surface area contributed by atoms with Crippen molar-refractivity contribution in [3.63, 3.8) is 0 Å². The van der Waals surface area contributed by atoms with Crippen LogP contribution < -0.4 is 5.43 Å². The lowest BCUT2D eigenvalue weighted by Gasteiger charge is -2.07. The van der Waals surface area contributed by atoms with Crippen LogP contribution in [0.1, 0.15) is 23.9 Å². The summed E-state index contributed by atoms with van der Waals surface area (Å²) in [5.41, 5.74) is 7.06. The summed E-state index contributed by atoms with van der Waals surface area (Å²) in [7, 11) is 0. The van der Waals surface area contributed by atoms with E-state index in [0.29, 0.717) is 6.42 Å². The quantitative estimate of drug-likeness (QED) is 0.801. The number of carbonyl (C=O) groups is 1. The smallest absolute Gasteiger partial charge is 0.235 e. The minimum Gasteiger partial charge on any atom is -0.274 e. The van der Waals surface area contributed by atoms with E-state index >= 15 is 0 Å². The van der Waals surface area contributed by atoms with Crippen molar-refractivity contribution in [1.82, 2.24) is 9.66 Å². The summed E-state index contributed by atoms with van der Waals surface area (Å²) in [5, 5.41) is 0. The zero-order chi connectivity index (χ0) is 16.2. The molecule has 0 fully saturated rings. The Kier molecular flexibility index (Phi) is 4.24. The number of aryl methyl sites for hydroxylation is 1. The Bertz CT molecular complexity index is 804. The van der Waals surface area contributed by atoms with Crippen LogP contribution in [0, 0.1) is 6.92 Å². The van der Waals surface area contributed by atoms with Crippen LogP contribution in [0.3, 0.4) is 0 Å². The molecule has 3 aromatic rings. The fourth-order valence-corrected chi connectivity index (χ4v) is 2.45. The fourth-order valence-electron chi connectivity index (χ4n) is 2.45. The van der Waals surface area contributed by atoms with Gasteiger partial charge in [-0.15, -0.1) is 0 Å². The molecule has 0 spiro atoms. The Morgan fingerprint density at radius 3 is 2.43 bits per heavy atom. The van der Waals surface area contributed by atoms with Crippen LogP contribution >= 0.6 is 0 Å². The van der Waals surface area contributed by atoms with Gasteiger partial charge in [-0.2, -0.15) is 0 Å². The molecule has 0 aliphatic heterocycles. The first-order valence-electron chi connectivity index (χ1n) is 7.58. The largest absolute Gasteiger partial charge is 0.274 e. The molecule has 23 heavy (non-hydrogen) atoms. The molecular formula is C19H19N3O. The van der Waals surface area contributed by atoms with Crippen LogP contribution in [-0.2, 0) is 11.2 Å². The van der Waals surface area contributed by atoms with E-state index in [2.05, 4.69) is 36.6 Å². The van der Waals surface area contributed by atoms with E-state index in [1.165, 1.54) is 12.5 Å². The average molecular weight is 305 g/mol. The predicted octanol–water partition coefficient (Wildman–Crippen LogP) is 3.54. The van der Waals surface area contributed by atoms with Gasteiger partial charge in [-0.05, 0) is 12.5 Å². The Hall–Kier alpha value is -2.88. The molecule has 0 radical (unpaired) electrons. The molecule has 116 valence electrons. The number of benzene rings is 2. The van der Waals surface area contributed by atoms with E-state index in [-0.39, 0.29) is 5.91 Å². The van der Waals surface area contributed by atoms with Crippen molar-refractivity contribution in [3.8, 4) is 11.3 Å². The maximum Gasteiger partial charge on any atom is 0.235 e. The molecule has 4 heteroatoms. The van der Waals surface area contributed by atoms with Gasteiger partial charge in [0, 0.05) is 18.9 Å². The Balaban J connectivity index is 1.96. The number of aromatic nitrogens is 2. The summed E-state index contributed by atoms with van der Waals surface area (Å²) in [5.74, 6) is 0.689. The van der Waals surface area contributed by atoms with Crippen molar-refractivity contribution < 1.29 is 4.79 Å². The van der Waals surface area contributed by atoms with Crippen LogP contribution in [0.5, 0.6) is 0 Å². The number of amides is 1. The Morgan fingerprint density at radius 2 is 1.78 bits per heavy atom. The van der Waals surface area contributed by atoms with Crippen molar-refractivity contribution in [2.45, 2.75) is 20.3 Å². The van der Waals surface area contributed by atoms with Crippen molar-refractivity contribution in [3.05, 3.63) is 77.7 Å². The molecule has 0 aliphatic rings. The van der Waals surface area contributed by atoms with Gasteiger partial charge in [-0.1, -0.05) is 60.2 Å². The molecule has 1 heterocycles. The third-order valence-corrected chi connectivity index (χ3v) is 3.61. The van der Waals surface area contributed by atoms with E-state index in [1.807, 2.05) is 36.5 Å². The second-order valence-electron chi connectivity index (χ2n) is 5.61. The zero-order valence-corrected chi connectivity index (χ0v) is 13.3. The summed E-state index contributed by atoms with van der Waals surface area (Å²) < 4.78 is 1.71. The van der Waals surface area contributed by atoms with Crippen LogP contribution in [0.25, 0.3) is 11.3 Å². The highest BCUT2D eigenvalue weighted by Gasteiger charge is 2.11. The van der Waals surface area contributed by atoms with E-state index in [1.54, 1.807) is 4.68 Å². The van der Waals surface area contributed by atoms with Gasteiger partial charge < -0.3 is 0 Å². The molecule has 4 nitrogen and oxygen atoms in total. The summed E-state index contributed by atoms with van der Waals surface area (Å²) in [6.07, 6.45) is 2.53. The van der Waals surface area contributed by atoms with Gasteiger partial charge in [-0.25, -0.2) is 9.66 Å². The Labute approximate surface area is 135 Å². The minimum atomic E-state index is -0.118. The molecule has 2 aromatic carbocycles. The molecule has 1 amide bonds. The topological polar surface area (TPSA) is 46.9 Å². The van der Waals surface area contributed by atoms with Crippen LogP contribution in [0.15, 0.2) is 60.8 Å². The number of nitrogens with one attached hydrogen (secondary N) is 1. The highest BCUT2D eigenvalue weighted by molar-refractivity contribution is 5.81. The molecule has 3 rings (SSSR count). The molecule has 1 N–H and O–H groups in total. The van der Waals surface area contributed by atoms with Crippen LogP contribution in [0.4, 0.5) is 0 Å². The molecule has 0 bridgehead atoms. The van der Waals surface area contributed by atoms with Crippen molar-refractivity contribution in [2.75, 3.05) is 5.43 Å². The number of nitrogens with zero attached hydrogens (tertiary/aromatic N) is 2. The van der Waals surface area contributed by atoms with Gasteiger partial charge in [0.15, 0.2) is 0 Å². The standard InChI is InChI=1S/C19H19N3O/c1-14-8-10-17(11-9-14)18-13-22(21-15(2)23)19(20-18)12-16-6-4-3-5-7-16/h3-11,13H,12H2,1-2H3,(H,21,23). The monoisotopic (exact) mass is 305 g/mol. The number of carbonyl (C=O) groups excluding carboxylic acids is 1. The Morgan fingerprint density at radius 1 is 1.09 bits per heavy atom. The highest BCUT2D eigenvalue weighted by Crippen LogP contribution is 2.20. The molecule has 0 unspecified atom stereocenters. The maximum atomic E-state index is 11.4. The number of hydrogen-bond donors (Lipinski definition) is 1. The van der Waals surface area contributed by atoms with E-state index in [9.17, 15) is 4.79 Å². The van der Waals surface area contributed by atoms with E-state index in [0.717, 1.165) is 22.6 Å². The van der Waals surface area contributed by atoms with Crippen LogP contribution in [0.2, 0.25) is 0 Å². The number of imidazole rings is 1. The van der Waals surface area contributed by atoms with Gasteiger partial charge in [-0.3, -0.25) is 10.2 Å². The molecule has 1 aromatic heterocycles. The summed E-state index contributed by atoms with van der Waals surface area (Å²) in [6, 6.07) is 18.3. The third-order valence-electron chi connectivity index (χ3n) is 3.61. The minimum absolute atomic E-state index is 0.118. The van der Waals surface area contributed by atoms with Gasteiger partial charge in [0.25, 0.3) is 0 Å². The average Bonchev–Trinajstić information content (AvgIpc) is 2.91. The summed E-state index contributed by atoms with van der Waals surface area (Å²) >= 11 is 0. The van der Waals surface area contributed by atoms with E-state index in [4.69, 9.17) is 4.98 Å². The normalized spacial score (nSPS) is 10.5. The second-order valence-corrected chi connectivity index (χ2v) is 5.61. The predicted molar refractivity (Wildman–Crippen MR) is 91.7 cm³/mol. The lowest BCUT2D eigenvalue weighted by Crippen LogP contribution is -2.21. The maximum absolute atomic E-state index is 11.4. The van der Waals surface area contributed by atoms with Gasteiger partial charge >= 0.3 is 0 Å². The number of hydrogen-bond acceptors (Lipinski definition) is 2. The van der Waals surface area contributed by atoms with Gasteiger partial charge in [0.05, 0.1) is 11.9 Å². The highest BCUT2D eigenvalue weighted by atomic mass is 16.2. The lowest BCUT2D eigenvalue weighted by atomic mass is 10.1. The van der Waals surface area contributed by atoms with Crippen molar-refractivity contribution >= 4 is 5.91 Å². The first-order valence-corrected chi connectivity index (χ1v) is 7.58. The molecule has 0 aliphatic carbocycles. The SMILES string of the molecule is CC(=O)Nn1cc(-c2ccc(C)cc2)nc1Cc1ccccc1. The van der Waals surface area contributed by atoms with Gasteiger partial charge in [0.1, 0.15) is 5.82 Å². The molecule has 0 saturated heterocycles. The molecule has 0 saturated carbocycles. The molecular weight excluding hydrogens is 286 g/mol. The number of rotatable bonds is 4. The summed E-state index contributed by atoms with van der Waals surface area (Å²) in [4.78, 5) is 16.2. The second kappa shape index (κ2) is 6.48. The first-order chi connectivity index (χ1) is 11.1. The lowest BCUT2D eigenvalue weighted by molar-refractivity contribution is -0.115. The summed E-state index contributed by atoms with van der Waals surface area (Å²) in [6.45, 7) is 3.55. The van der Waals surface area contributed by atoms with Crippen LogP contribution in [-0.4, -0.2) is 15.6 Å². The molecule has 0 atom stereocenters.